The fraction of sp³-hybridized carbons (Fsp3) is 0.594. The number of benzene rings is 1. The number of phosphoric ester groups is 1. The van der Waals surface area contributed by atoms with Crippen LogP contribution in [0.2, 0.25) is 0 Å². The second-order valence-electron chi connectivity index (χ2n) is 29.3. The molecule has 571 valence electrons. The number of carbonyl (C=O) groups excluding carboxylic acids is 7. The molecule has 0 saturated carbocycles. The number of H-pyrrole nitrogens is 1. The minimum Gasteiger partial charge on any atom is -0.682 e. The van der Waals surface area contributed by atoms with Crippen molar-refractivity contribution in [1.29, 1.82) is 0 Å². The van der Waals surface area contributed by atoms with Crippen LogP contribution >= 0.6 is 7.82 Å². The summed E-state index contributed by atoms with van der Waals surface area (Å²) in [6.45, 7) is 22.5. The van der Waals surface area contributed by atoms with Gasteiger partial charge in [0.15, 0.2) is 6.23 Å². The average molecular weight is 1520 g/mol. The van der Waals surface area contributed by atoms with Gasteiger partial charge in [-0.05, 0) is 119 Å². The molecule has 35 heteroatoms. The molecule has 6 aliphatic heterocycles. The summed E-state index contributed by atoms with van der Waals surface area (Å²) in [6, 6.07) is 2.68. The maximum absolute atomic E-state index is 14.4. The van der Waals surface area contributed by atoms with Crippen molar-refractivity contribution in [3.8, 4) is 0 Å². The van der Waals surface area contributed by atoms with Crippen molar-refractivity contribution in [1.82, 2.24) is 24.4 Å². The van der Waals surface area contributed by atoms with Crippen LogP contribution in [0, 0.1) is 71.9 Å². The quantitative estimate of drug-likeness (QED) is 0.0350. The molecule has 3 aromatic rings. The van der Waals surface area contributed by atoms with E-state index in [0.717, 1.165) is 21.9 Å². The van der Waals surface area contributed by atoms with E-state index in [9.17, 15) is 67.2 Å². The number of aromatic amines is 1. The van der Waals surface area contributed by atoms with E-state index in [1.54, 1.807) is 16.5 Å². The number of phosphoric acid groups is 1. The Bertz CT molecular complexity index is 4260. The fourth-order valence-corrected chi connectivity index (χ4v) is 17.2. The van der Waals surface area contributed by atoms with Crippen molar-refractivity contribution in [3.63, 3.8) is 0 Å². The molecule has 32 nitrogen and oxygen atoms in total. The van der Waals surface area contributed by atoms with Crippen LogP contribution in [0.15, 0.2) is 83.5 Å². The number of amides is 7. The van der Waals surface area contributed by atoms with Crippen molar-refractivity contribution in [2.45, 2.75) is 196 Å². The van der Waals surface area contributed by atoms with Gasteiger partial charge >= 0.3 is 30.3 Å². The number of primary amides is 6. The third kappa shape index (κ3) is 17.0. The number of halogens is 1. The average Bonchev–Trinajstić information content (AvgIpc) is 1.53. The zero-order chi connectivity index (χ0) is 76.6. The summed E-state index contributed by atoms with van der Waals surface area (Å²) in [6.07, 6.45) is -3.68. The number of hydrogen-bond acceptors (Lipinski definition) is 20. The molecule has 2 saturated heterocycles. The number of fused-ring (bicyclic) bond motifs is 7. The Morgan fingerprint density at radius 2 is 1.43 bits per heavy atom. The minimum absolute atomic E-state index is 0. The number of aromatic nitrogens is 4. The maximum Gasteiger partial charge on any atom is 2.00 e. The molecule has 2 aromatic heterocycles. The molecule has 8 bridgehead atoms. The van der Waals surface area contributed by atoms with E-state index in [4.69, 9.17) is 73.2 Å². The number of nitrogens with two attached hydrogens (primary N) is 6. The number of nitrogens with zero attached hydrogens (tertiary/aromatic N) is 7. The van der Waals surface area contributed by atoms with Crippen LogP contribution in [0.4, 0.5) is 4.39 Å². The SMILES string of the molecule is C/C1=C2/[N-]C([C@H](CC(N)=O)[C@@]2(C)CCC(=O)NCC(C)OP(=O)(O)O[C@H]2[C@@H](O)[C@@H](n3cnc4cc(C)c(C)cc43)O[C@@H]2CO)C2(C)N=C(/C(C)=C3N=C(/C=C4N=C1[C@@H](CCC(N)=O)C\4(C)C)[C@@H](CCC(N)=O)[C@]\3(C)CC(N)=O)[C@@H](CCC(N)=O)[C@]2(C)CC(N)=O.[CH2-]COCn1cc(F)c(=O)[nH]c1=O.[Co+2]. The second kappa shape index (κ2) is 32.4. The van der Waals surface area contributed by atoms with Crippen molar-refractivity contribution >= 4 is 77.3 Å². The van der Waals surface area contributed by atoms with E-state index >= 15 is 0 Å². The third-order valence-corrected chi connectivity index (χ3v) is 23.0. The number of carbonyl (C=O) groups is 7. The van der Waals surface area contributed by atoms with E-state index in [-0.39, 0.29) is 107 Å². The predicted molar refractivity (Wildman–Crippen MR) is 376 cm³/mol. The third-order valence-electron chi connectivity index (χ3n) is 21.8. The van der Waals surface area contributed by atoms with E-state index in [1.807, 2.05) is 80.5 Å². The number of aryl methyl sites for hydroxylation is 2. The number of nitrogens with one attached hydrogen (secondary N) is 2. The van der Waals surface area contributed by atoms with E-state index in [2.05, 4.69) is 17.2 Å². The van der Waals surface area contributed by atoms with Gasteiger partial charge in [0.2, 0.25) is 47.2 Å². The van der Waals surface area contributed by atoms with Gasteiger partial charge in [-0.1, -0.05) is 47.3 Å². The molecule has 8 heterocycles. The smallest absolute Gasteiger partial charge is 0.682 e. The Hall–Kier alpha value is -7.92. The van der Waals surface area contributed by atoms with Gasteiger partial charge in [-0.15, -0.1) is 0 Å². The number of allylic oxidation sites excluding steroid dienone is 6. The Kier molecular flexibility index (Phi) is 26.0. The molecule has 6 aliphatic rings. The number of aliphatic hydroxyl groups excluding tert-OH is 2. The number of imidazole rings is 1. The first-order chi connectivity index (χ1) is 48.0. The van der Waals surface area contributed by atoms with Crippen LogP contribution < -0.4 is 51.0 Å². The number of ether oxygens (including phenoxy) is 2. The number of hydrogen-bond donors (Lipinski definition) is 11. The van der Waals surface area contributed by atoms with Crippen molar-refractivity contribution in [3.05, 3.63) is 109 Å². The topological polar surface area (TPSA) is 526 Å². The zero-order valence-electron chi connectivity index (χ0n) is 60.3. The molecular formula is C69H97CoFN15O17P. The van der Waals surface area contributed by atoms with Gasteiger partial charge in [0, 0.05) is 108 Å². The molecule has 15 atom stereocenters. The van der Waals surface area contributed by atoms with Gasteiger partial charge in [-0.3, -0.25) is 71.9 Å². The summed E-state index contributed by atoms with van der Waals surface area (Å²) in [5, 5.41) is 30.2. The first-order valence-electron chi connectivity index (χ1n) is 34.0. The largest absolute Gasteiger partial charge is 2.00 e. The molecule has 1 aromatic carbocycles. The number of rotatable bonds is 29. The zero-order valence-corrected chi connectivity index (χ0v) is 62.2. The predicted octanol–water partition coefficient (Wildman–Crippen LogP) is 3.43. The Balaban J connectivity index is 0.000000972. The molecule has 9 rings (SSSR count). The molecule has 4 unspecified atom stereocenters. The van der Waals surface area contributed by atoms with Crippen LogP contribution in [0.3, 0.4) is 0 Å². The Morgan fingerprint density at radius 3 is 2.02 bits per heavy atom. The minimum atomic E-state index is -5.07. The summed E-state index contributed by atoms with van der Waals surface area (Å²) < 4.78 is 50.5. The molecule has 17 N–H and O–H groups in total. The summed E-state index contributed by atoms with van der Waals surface area (Å²) in [4.78, 5) is 149. The fourth-order valence-electron chi connectivity index (χ4n) is 16.1. The van der Waals surface area contributed by atoms with Gasteiger partial charge in [0.25, 0.3) is 5.56 Å². The maximum atomic E-state index is 14.4. The standard InChI is InChI=1S/C62H90N13O14P.C7H8FN2O3.Co/c1-29-20-39-40(21-30(29)2)75(28-70-39)57-52(84)53(41(27-76)87-57)89-90(85,86)88-31(3)26-69-49(83)18-19-59(8)37(22-46(66)80)56-62(11)61(10,25-48(68)82)36(14-17-45(65)79)51(74-62)33(5)55-60(9,24-47(67)81)34(12-15-43(63)77)38(71-55)23-42-58(6,7)35(13-16-44(64)78)50(72-42)32(4)54(59)73-56;1-2-13-4-10-3-5(8)6(11)9-7(10)12;/h20-21,23,28,31,34-37,41,52-53,56-57,76,84H,12-19,22,24-27H2,1-11H3,(H15,63,64,65,66,67,68,69,71,72,73,74,77,78,79,80,81,82,83,85,86);3H,1-2,4H2,(H,9,11,12);/q;-1;+2/p-1/t31?,34-,35-,36-,37+,41-,52-,53-,56?,57+,59-,60+,61+,62?;;/m1../s1. The van der Waals surface area contributed by atoms with Gasteiger partial charge in [0.1, 0.15) is 25.0 Å². The summed E-state index contributed by atoms with van der Waals surface area (Å²) in [5.41, 5.74) is 35.1. The van der Waals surface area contributed by atoms with Gasteiger partial charge < -0.3 is 81.1 Å². The first kappa shape index (κ1) is 83.4. The Labute approximate surface area is 611 Å². The second-order valence-corrected chi connectivity index (χ2v) is 30.6. The van der Waals surface area contributed by atoms with Crippen molar-refractivity contribution in [2.75, 3.05) is 19.8 Å². The van der Waals surface area contributed by atoms with E-state index in [1.165, 1.54) is 13.3 Å². The number of aliphatic imine (C=N–C) groups is 3. The van der Waals surface area contributed by atoms with Crippen LogP contribution in [0.5, 0.6) is 0 Å². The normalized spacial score (nSPS) is 30.9. The van der Waals surface area contributed by atoms with Crippen LogP contribution in [-0.2, 0) is 80.2 Å². The first-order valence-corrected chi connectivity index (χ1v) is 35.5. The molecule has 104 heavy (non-hydrogen) atoms. The van der Waals surface area contributed by atoms with Gasteiger partial charge in [-0.2, -0.15) is 10.1 Å². The summed E-state index contributed by atoms with van der Waals surface area (Å²) in [5.74, 6) is -8.36. The van der Waals surface area contributed by atoms with Gasteiger partial charge in [-0.25, -0.2) is 14.3 Å². The molecular weight excluding hydrogens is 1420 g/mol. The van der Waals surface area contributed by atoms with E-state index < -0.39 is 160 Å². The monoisotopic (exact) mass is 1520 g/mol. The van der Waals surface area contributed by atoms with Crippen LogP contribution in [-0.4, -0.2) is 148 Å². The van der Waals surface area contributed by atoms with Crippen molar-refractivity contribution in [2.24, 2.45) is 94.7 Å². The number of aliphatic hydroxyl groups is 2. The van der Waals surface area contributed by atoms with Crippen molar-refractivity contribution < 1.29 is 92.9 Å². The molecule has 1 radical (unpaired) electrons. The molecule has 2 fully saturated rings. The van der Waals surface area contributed by atoms with Gasteiger partial charge in [0.05, 0.1) is 47.5 Å². The van der Waals surface area contributed by atoms with Crippen LogP contribution in [0.1, 0.15) is 150 Å². The summed E-state index contributed by atoms with van der Waals surface area (Å²) in [7, 11) is -5.07. The summed E-state index contributed by atoms with van der Waals surface area (Å²) >= 11 is 0. The molecule has 0 aliphatic carbocycles. The van der Waals surface area contributed by atoms with E-state index in [0.29, 0.717) is 56.4 Å². The van der Waals surface area contributed by atoms with Crippen LogP contribution in [0.25, 0.3) is 16.4 Å². The molecule has 0 spiro atoms. The molecule has 7 amide bonds. The Morgan fingerprint density at radius 1 is 0.827 bits per heavy atom.